The Bertz CT molecular complexity index is 1180. The lowest BCUT2D eigenvalue weighted by molar-refractivity contribution is -0.123. The van der Waals surface area contributed by atoms with E-state index in [0.29, 0.717) is 11.6 Å². The number of rotatable bonds is 7. The molecule has 1 amide bonds. The number of aromatic nitrogens is 5. The summed E-state index contributed by atoms with van der Waals surface area (Å²) in [5.74, 6) is 0.836. The van der Waals surface area contributed by atoms with E-state index in [1.807, 2.05) is 42.5 Å². The molecule has 0 radical (unpaired) electrons. The van der Waals surface area contributed by atoms with Crippen LogP contribution in [0.15, 0.2) is 72.0 Å². The third kappa shape index (κ3) is 4.29. The summed E-state index contributed by atoms with van der Waals surface area (Å²) in [6.45, 7) is 0.349. The van der Waals surface area contributed by atoms with Crippen molar-refractivity contribution in [2.45, 2.75) is 6.54 Å². The molecule has 0 aliphatic carbocycles. The second-order valence-corrected chi connectivity index (χ2v) is 6.21. The maximum absolute atomic E-state index is 12.1. The lowest BCUT2D eigenvalue weighted by atomic mass is 10.1. The Morgan fingerprint density at radius 3 is 2.79 bits per heavy atom. The molecule has 2 aromatic carbocycles. The monoisotopic (exact) mass is 390 g/mol. The fourth-order valence-electron chi connectivity index (χ4n) is 2.86. The van der Waals surface area contributed by atoms with Crippen LogP contribution in [0.3, 0.4) is 0 Å². The van der Waals surface area contributed by atoms with E-state index in [4.69, 9.17) is 4.74 Å². The van der Waals surface area contributed by atoms with Crippen molar-refractivity contribution in [3.63, 3.8) is 0 Å². The lowest BCUT2D eigenvalue weighted by Gasteiger charge is -2.10. The van der Waals surface area contributed by atoms with Crippen molar-refractivity contribution in [3.8, 4) is 11.6 Å². The van der Waals surface area contributed by atoms with E-state index >= 15 is 0 Å². The lowest BCUT2D eigenvalue weighted by Crippen LogP contribution is -2.34. The maximum Gasteiger partial charge on any atom is 0.266 e. The smallest absolute Gasteiger partial charge is 0.266 e. The number of amides is 1. The highest BCUT2D eigenvalue weighted by molar-refractivity contribution is 5.88. The quantitative estimate of drug-likeness (QED) is 0.508. The summed E-state index contributed by atoms with van der Waals surface area (Å²) in [5, 5.41) is 12.9. The predicted molar refractivity (Wildman–Crippen MR) is 106 cm³/mol. The fraction of sp³-hybridized carbons (Fsp3) is 0.150. The van der Waals surface area contributed by atoms with Gasteiger partial charge in [-0.1, -0.05) is 36.4 Å². The number of nitrogens with zero attached hydrogens (tertiary/aromatic N) is 5. The first-order valence-corrected chi connectivity index (χ1v) is 9.01. The van der Waals surface area contributed by atoms with E-state index in [9.17, 15) is 9.59 Å². The highest BCUT2D eigenvalue weighted by Gasteiger charge is 2.07. The van der Waals surface area contributed by atoms with Gasteiger partial charge in [-0.25, -0.2) is 14.3 Å². The van der Waals surface area contributed by atoms with Crippen LogP contribution < -0.4 is 15.6 Å². The van der Waals surface area contributed by atoms with Crippen LogP contribution in [0.25, 0.3) is 16.6 Å². The zero-order valence-electron chi connectivity index (χ0n) is 15.4. The molecule has 4 rings (SSSR count). The van der Waals surface area contributed by atoms with Crippen molar-refractivity contribution in [1.82, 2.24) is 29.9 Å². The van der Waals surface area contributed by atoms with Gasteiger partial charge in [-0.2, -0.15) is 5.10 Å². The van der Waals surface area contributed by atoms with Gasteiger partial charge in [0, 0.05) is 18.0 Å². The van der Waals surface area contributed by atoms with Gasteiger partial charge in [-0.15, -0.1) is 5.10 Å². The molecule has 0 saturated heterocycles. The molecule has 0 aliphatic heterocycles. The molecule has 146 valence electrons. The van der Waals surface area contributed by atoms with Gasteiger partial charge in [-0.05, 0) is 17.5 Å². The summed E-state index contributed by atoms with van der Waals surface area (Å²) < 4.78 is 8.38. The molecular formula is C20H18N6O3. The largest absolute Gasteiger partial charge is 0.483 e. The first-order valence-electron chi connectivity index (χ1n) is 9.01. The molecule has 0 aliphatic rings. The van der Waals surface area contributed by atoms with Crippen LogP contribution in [-0.2, 0) is 11.3 Å². The number of benzene rings is 2. The number of nitrogens with one attached hydrogen (secondary N) is 1. The Kier molecular flexibility index (Phi) is 5.28. The van der Waals surface area contributed by atoms with Crippen molar-refractivity contribution >= 4 is 16.7 Å². The normalized spacial score (nSPS) is 10.8. The van der Waals surface area contributed by atoms with Gasteiger partial charge < -0.3 is 10.1 Å². The highest BCUT2D eigenvalue weighted by Crippen LogP contribution is 2.24. The Hall–Kier alpha value is -4.01. The Morgan fingerprint density at radius 1 is 1.07 bits per heavy atom. The predicted octanol–water partition coefficient (Wildman–Crippen LogP) is 1.17. The van der Waals surface area contributed by atoms with Crippen molar-refractivity contribution in [1.29, 1.82) is 0 Å². The first kappa shape index (κ1) is 18.4. The van der Waals surface area contributed by atoms with Gasteiger partial charge in [0.05, 0.1) is 6.54 Å². The number of hydrogen-bond donors (Lipinski definition) is 1. The van der Waals surface area contributed by atoms with Crippen LogP contribution in [-0.4, -0.2) is 43.6 Å². The molecule has 0 atom stereocenters. The van der Waals surface area contributed by atoms with Crippen molar-refractivity contribution in [2.75, 3.05) is 13.2 Å². The molecule has 1 N–H and O–H groups in total. The highest BCUT2D eigenvalue weighted by atomic mass is 16.5. The zero-order valence-corrected chi connectivity index (χ0v) is 15.4. The number of carbonyl (C=O) groups excluding carboxylic acids is 1. The third-order valence-electron chi connectivity index (χ3n) is 4.26. The summed E-state index contributed by atoms with van der Waals surface area (Å²) in [5.41, 5.74) is -0.268. The molecule has 2 heterocycles. The number of fused-ring (bicyclic) bond motifs is 1. The van der Waals surface area contributed by atoms with Gasteiger partial charge in [-0.3, -0.25) is 9.59 Å². The summed E-state index contributed by atoms with van der Waals surface area (Å²) in [4.78, 5) is 27.9. The zero-order chi connectivity index (χ0) is 20.1. The van der Waals surface area contributed by atoms with Gasteiger partial charge in [0.25, 0.3) is 11.5 Å². The van der Waals surface area contributed by atoms with Crippen LogP contribution in [0.2, 0.25) is 0 Å². The molecule has 9 nitrogen and oxygen atoms in total. The van der Waals surface area contributed by atoms with Crippen LogP contribution in [0.1, 0.15) is 0 Å². The molecule has 2 aromatic heterocycles. The van der Waals surface area contributed by atoms with E-state index in [1.54, 1.807) is 6.07 Å². The van der Waals surface area contributed by atoms with E-state index in [-0.39, 0.29) is 31.2 Å². The molecule has 4 aromatic rings. The van der Waals surface area contributed by atoms with Crippen LogP contribution >= 0.6 is 0 Å². The average molecular weight is 390 g/mol. The molecule has 0 bridgehead atoms. The Balaban J connectivity index is 1.32. The minimum absolute atomic E-state index is 0.116. The third-order valence-corrected chi connectivity index (χ3v) is 4.26. The fourth-order valence-corrected chi connectivity index (χ4v) is 2.86. The van der Waals surface area contributed by atoms with Gasteiger partial charge in [0.1, 0.15) is 18.4 Å². The second kappa shape index (κ2) is 8.34. The van der Waals surface area contributed by atoms with Crippen molar-refractivity contribution in [2.24, 2.45) is 0 Å². The number of carbonyl (C=O) groups is 1. The SMILES string of the molecule is O=C(COc1cccc2ccccc12)NCCn1nc(-n2cncn2)ccc1=O. The van der Waals surface area contributed by atoms with Crippen LogP contribution in [0, 0.1) is 0 Å². The topological polar surface area (TPSA) is 104 Å². The molecule has 0 unspecified atom stereocenters. The van der Waals surface area contributed by atoms with E-state index in [2.05, 4.69) is 20.5 Å². The van der Waals surface area contributed by atoms with Crippen LogP contribution in [0.4, 0.5) is 0 Å². The average Bonchev–Trinajstić information content (AvgIpc) is 3.28. The number of hydrogen-bond acceptors (Lipinski definition) is 6. The molecule has 9 heteroatoms. The second-order valence-electron chi connectivity index (χ2n) is 6.21. The summed E-state index contributed by atoms with van der Waals surface area (Å²) in [6, 6.07) is 16.5. The van der Waals surface area contributed by atoms with Crippen molar-refractivity contribution in [3.05, 3.63) is 77.6 Å². The summed E-state index contributed by atoms with van der Waals surface area (Å²) >= 11 is 0. The standard InChI is InChI=1S/C20H18N6O3/c27-19(12-29-17-7-3-5-15-4-1-2-6-16(15)17)22-10-11-25-20(28)9-8-18(24-25)26-14-21-13-23-26/h1-9,13-14H,10-12H2,(H,22,27). The molecule has 0 saturated carbocycles. The summed E-state index contributed by atoms with van der Waals surface area (Å²) in [6.07, 6.45) is 2.87. The van der Waals surface area contributed by atoms with Crippen molar-refractivity contribution < 1.29 is 9.53 Å². The molecular weight excluding hydrogens is 372 g/mol. The van der Waals surface area contributed by atoms with E-state index in [0.717, 1.165) is 10.8 Å². The Labute approximate surface area is 165 Å². The van der Waals surface area contributed by atoms with Gasteiger partial charge >= 0.3 is 0 Å². The van der Waals surface area contributed by atoms with Gasteiger partial charge in [0.15, 0.2) is 12.4 Å². The minimum atomic E-state index is -0.279. The minimum Gasteiger partial charge on any atom is -0.483 e. The van der Waals surface area contributed by atoms with E-state index in [1.165, 1.54) is 28.1 Å². The summed E-state index contributed by atoms with van der Waals surface area (Å²) in [7, 11) is 0. The van der Waals surface area contributed by atoms with Gasteiger partial charge in [0.2, 0.25) is 0 Å². The first-order chi connectivity index (χ1) is 14.2. The molecule has 0 spiro atoms. The van der Waals surface area contributed by atoms with Crippen LogP contribution in [0.5, 0.6) is 5.75 Å². The maximum atomic E-state index is 12.1. The number of ether oxygens (including phenoxy) is 1. The Morgan fingerprint density at radius 2 is 1.93 bits per heavy atom. The molecule has 0 fully saturated rings. The van der Waals surface area contributed by atoms with E-state index < -0.39 is 0 Å². The molecule has 29 heavy (non-hydrogen) atoms.